The average Bonchev–Trinajstić information content (AvgIpc) is 2.20. The summed E-state index contributed by atoms with van der Waals surface area (Å²) in [5.41, 5.74) is 0.0890. The van der Waals surface area contributed by atoms with Crippen LogP contribution < -0.4 is 10.6 Å². The molecule has 0 bridgehead atoms. The Bertz CT molecular complexity index is 227. The first-order chi connectivity index (χ1) is 7.87. The number of carbonyl (C=O) groups excluding carboxylic acids is 1. The van der Waals surface area contributed by atoms with Crippen LogP contribution in [0.4, 0.5) is 0 Å². The Morgan fingerprint density at radius 1 is 1.26 bits per heavy atom. The van der Waals surface area contributed by atoms with Crippen LogP contribution in [0.1, 0.15) is 13.8 Å². The van der Waals surface area contributed by atoms with Crippen molar-refractivity contribution in [1.82, 2.24) is 15.5 Å². The zero-order chi connectivity index (χ0) is 13.3. The van der Waals surface area contributed by atoms with Crippen LogP contribution in [0, 0.1) is 5.41 Å². The minimum Gasteiger partial charge on any atom is -0.383 e. The van der Waals surface area contributed by atoms with Gasteiger partial charge in [0, 0.05) is 26.7 Å². The fraction of sp³-hybridized carbons (Fsp3) is 0.917. The summed E-state index contributed by atoms with van der Waals surface area (Å²) >= 11 is 0. The molecule has 0 aliphatic carbocycles. The first kappa shape index (κ1) is 24.0. The lowest BCUT2D eigenvalue weighted by atomic mass is 9.93. The molecule has 7 heteroatoms. The highest BCUT2D eigenvalue weighted by Crippen LogP contribution is 2.13. The molecule has 0 aliphatic heterocycles. The minimum absolute atomic E-state index is 0. The number of amides is 1. The number of hydrogen-bond donors (Lipinski definition) is 2. The van der Waals surface area contributed by atoms with Gasteiger partial charge >= 0.3 is 0 Å². The second-order valence-electron chi connectivity index (χ2n) is 5.35. The van der Waals surface area contributed by atoms with E-state index in [-0.39, 0.29) is 36.1 Å². The van der Waals surface area contributed by atoms with Gasteiger partial charge in [0.05, 0.1) is 13.2 Å². The highest BCUT2D eigenvalue weighted by molar-refractivity contribution is 5.85. The second-order valence-corrected chi connectivity index (χ2v) is 5.35. The predicted molar refractivity (Wildman–Crippen MR) is 84.6 cm³/mol. The van der Waals surface area contributed by atoms with Gasteiger partial charge in [-0.15, -0.1) is 24.8 Å². The summed E-state index contributed by atoms with van der Waals surface area (Å²) in [4.78, 5) is 13.6. The Kier molecular flexibility index (Phi) is 16.3. The van der Waals surface area contributed by atoms with E-state index in [0.29, 0.717) is 26.2 Å². The van der Waals surface area contributed by atoms with Crippen LogP contribution in [-0.4, -0.2) is 64.8 Å². The fourth-order valence-electron chi connectivity index (χ4n) is 1.69. The molecule has 118 valence electrons. The largest absolute Gasteiger partial charge is 0.383 e. The molecule has 1 amide bonds. The summed E-state index contributed by atoms with van der Waals surface area (Å²) in [7, 11) is 5.72. The molecular weight excluding hydrogens is 289 g/mol. The van der Waals surface area contributed by atoms with Crippen LogP contribution in [0.2, 0.25) is 0 Å². The van der Waals surface area contributed by atoms with Gasteiger partial charge in [-0.1, -0.05) is 13.8 Å². The molecule has 0 radical (unpaired) electrons. The lowest BCUT2D eigenvalue weighted by Gasteiger charge is -2.28. The van der Waals surface area contributed by atoms with Crippen molar-refractivity contribution < 1.29 is 9.53 Å². The number of hydrogen-bond acceptors (Lipinski definition) is 4. The minimum atomic E-state index is 0. The molecule has 0 aromatic rings. The fourth-order valence-corrected chi connectivity index (χ4v) is 1.69. The highest BCUT2D eigenvalue weighted by atomic mass is 35.5. The standard InChI is InChI=1S/C12H27N3O2.2ClH/c1-12(2,10-15(3)4)9-14-11(16)8-13-6-7-17-5;;/h13H,6-10H2,1-5H3,(H,14,16);2*1H. The molecule has 0 rings (SSSR count). The summed E-state index contributed by atoms with van der Waals surface area (Å²) in [5, 5.41) is 5.95. The highest BCUT2D eigenvalue weighted by Gasteiger charge is 2.19. The van der Waals surface area contributed by atoms with E-state index in [0.717, 1.165) is 6.54 Å². The predicted octanol–water partition coefficient (Wildman–Crippen LogP) is 0.770. The number of nitrogens with zero attached hydrogens (tertiary/aromatic N) is 1. The smallest absolute Gasteiger partial charge is 0.233 e. The monoisotopic (exact) mass is 317 g/mol. The van der Waals surface area contributed by atoms with Crippen molar-refractivity contribution >= 4 is 30.7 Å². The van der Waals surface area contributed by atoms with E-state index in [1.807, 2.05) is 14.1 Å². The van der Waals surface area contributed by atoms with E-state index in [4.69, 9.17) is 4.74 Å². The number of ether oxygens (including phenoxy) is 1. The van der Waals surface area contributed by atoms with Gasteiger partial charge in [0.2, 0.25) is 5.91 Å². The molecular formula is C12H29Cl2N3O2. The summed E-state index contributed by atoms with van der Waals surface area (Å²) in [6.45, 7) is 7.60. The van der Waals surface area contributed by atoms with Crippen molar-refractivity contribution in [2.75, 3.05) is 54.0 Å². The zero-order valence-electron chi connectivity index (χ0n) is 12.6. The molecule has 19 heavy (non-hydrogen) atoms. The van der Waals surface area contributed by atoms with Crippen molar-refractivity contribution in [1.29, 1.82) is 0 Å². The summed E-state index contributed by atoms with van der Waals surface area (Å²) in [6, 6.07) is 0. The van der Waals surface area contributed by atoms with Gasteiger partial charge < -0.3 is 20.3 Å². The van der Waals surface area contributed by atoms with Crippen LogP contribution in [0.25, 0.3) is 0 Å². The maximum absolute atomic E-state index is 11.5. The Balaban J connectivity index is -0.00000128. The maximum atomic E-state index is 11.5. The van der Waals surface area contributed by atoms with Crippen molar-refractivity contribution in [2.24, 2.45) is 5.41 Å². The first-order valence-corrected chi connectivity index (χ1v) is 5.98. The summed E-state index contributed by atoms with van der Waals surface area (Å²) in [5.74, 6) is 0.0351. The van der Waals surface area contributed by atoms with E-state index in [9.17, 15) is 4.79 Å². The molecule has 0 aliphatic rings. The lowest BCUT2D eigenvalue weighted by Crippen LogP contribution is -2.43. The third kappa shape index (κ3) is 15.9. The molecule has 2 N–H and O–H groups in total. The van der Waals surface area contributed by atoms with Crippen molar-refractivity contribution in [2.45, 2.75) is 13.8 Å². The molecule has 0 unspecified atom stereocenters. The van der Waals surface area contributed by atoms with Gasteiger partial charge in [-0.05, 0) is 19.5 Å². The Morgan fingerprint density at radius 3 is 2.32 bits per heavy atom. The molecule has 0 aromatic carbocycles. The quantitative estimate of drug-likeness (QED) is 0.617. The Labute approximate surface area is 129 Å². The third-order valence-corrected chi connectivity index (χ3v) is 2.28. The normalized spacial score (nSPS) is 10.6. The van der Waals surface area contributed by atoms with Crippen molar-refractivity contribution in [3.05, 3.63) is 0 Å². The van der Waals surface area contributed by atoms with E-state index >= 15 is 0 Å². The average molecular weight is 318 g/mol. The van der Waals surface area contributed by atoms with Gasteiger partial charge in [0.15, 0.2) is 0 Å². The topological polar surface area (TPSA) is 53.6 Å². The number of carbonyl (C=O) groups is 1. The van der Waals surface area contributed by atoms with E-state index in [1.165, 1.54) is 0 Å². The summed E-state index contributed by atoms with van der Waals surface area (Å²) < 4.78 is 4.88. The van der Waals surface area contributed by atoms with E-state index in [2.05, 4.69) is 29.4 Å². The van der Waals surface area contributed by atoms with Gasteiger partial charge in [-0.2, -0.15) is 0 Å². The van der Waals surface area contributed by atoms with Gasteiger partial charge in [0.1, 0.15) is 0 Å². The third-order valence-electron chi connectivity index (χ3n) is 2.28. The SMILES string of the molecule is COCCNCC(=O)NCC(C)(C)CN(C)C.Cl.Cl. The number of halogens is 2. The van der Waals surface area contributed by atoms with Crippen LogP contribution in [0.3, 0.4) is 0 Å². The molecule has 0 saturated heterocycles. The Hall–Kier alpha value is -0.0700. The molecule has 0 heterocycles. The van der Waals surface area contributed by atoms with E-state index in [1.54, 1.807) is 7.11 Å². The maximum Gasteiger partial charge on any atom is 0.233 e. The van der Waals surface area contributed by atoms with Crippen LogP contribution >= 0.6 is 24.8 Å². The number of rotatable bonds is 9. The Morgan fingerprint density at radius 2 is 1.84 bits per heavy atom. The number of methoxy groups -OCH3 is 1. The lowest BCUT2D eigenvalue weighted by molar-refractivity contribution is -0.120. The van der Waals surface area contributed by atoms with Crippen LogP contribution in [-0.2, 0) is 9.53 Å². The molecule has 0 saturated carbocycles. The van der Waals surface area contributed by atoms with Crippen molar-refractivity contribution in [3.8, 4) is 0 Å². The zero-order valence-corrected chi connectivity index (χ0v) is 14.2. The molecule has 0 spiro atoms. The van der Waals surface area contributed by atoms with Crippen LogP contribution in [0.5, 0.6) is 0 Å². The molecule has 5 nitrogen and oxygen atoms in total. The van der Waals surface area contributed by atoms with Gasteiger partial charge in [-0.25, -0.2) is 0 Å². The number of nitrogens with one attached hydrogen (secondary N) is 2. The first-order valence-electron chi connectivity index (χ1n) is 5.98. The van der Waals surface area contributed by atoms with Crippen molar-refractivity contribution in [3.63, 3.8) is 0 Å². The molecule has 0 aromatic heterocycles. The molecule has 0 fully saturated rings. The van der Waals surface area contributed by atoms with E-state index < -0.39 is 0 Å². The molecule has 0 atom stereocenters. The summed E-state index contributed by atoms with van der Waals surface area (Å²) in [6.07, 6.45) is 0. The van der Waals surface area contributed by atoms with Crippen LogP contribution in [0.15, 0.2) is 0 Å². The van der Waals surface area contributed by atoms with Gasteiger partial charge in [-0.3, -0.25) is 4.79 Å². The van der Waals surface area contributed by atoms with Gasteiger partial charge in [0.25, 0.3) is 0 Å². The second kappa shape index (κ2) is 12.9.